The molecular weight excluding hydrogens is 285 g/mol. The van der Waals surface area contributed by atoms with Crippen molar-refractivity contribution in [3.8, 4) is 11.5 Å². The number of aromatic nitrogens is 1. The Morgan fingerprint density at radius 2 is 2.00 bits per heavy atom. The van der Waals surface area contributed by atoms with Crippen molar-refractivity contribution < 1.29 is 18.7 Å². The van der Waals surface area contributed by atoms with Crippen molar-refractivity contribution in [3.63, 3.8) is 0 Å². The zero-order valence-corrected chi connectivity index (χ0v) is 10.7. The van der Waals surface area contributed by atoms with Gasteiger partial charge in [0.2, 0.25) is 5.89 Å². The molecule has 100 valence electrons. The van der Waals surface area contributed by atoms with Crippen LogP contribution in [0.2, 0.25) is 5.02 Å². The summed E-state index contributed by atoms with van der Waals surface area (Å²) in [7, 11) is 0. The molecule has 3 aromatic rings. The predicted octanol–water partition coefficient (Wildman–Crippen LogP) is 3.99. The summed E-state index contributed by atoms with van der Waals surface area (Å²) in [4.78, 5) is 15.2. The first-order valence-corrected chi connectivity index (χ1v) is 6.03. The summed E-state index contributed by atoms with van der Waals surface area (Å²) in [5, 5.41) is 9.03. The summed E-state index contributed by atoms with van der Waals surface area (Å²) < 4.78 is 19.3. The second-order valence-electron chi connectivity index (χ2n) is 4.08. The lowest BCUT2D eigenvalue weighted by Crippen LogP contribution is -1.95. The van der Waals surface area contributed by atoms with Crippen LogP contribution in [-0.2, 0) is 0 Å². The molecule has 6 heteroatoms. The summed E-state index contributed by atoms with van der Waals surface area (Å²) >= 11 is 5.71. The first-order chi connectivity index (χ1) is 9.58. The second kappa shape index (κ2) is 4.61. The molecule has 0 spiro atoms. The minimum absolute atomic E-state index is 0.00583. The van der Waals surface area contributed by atoms with Gasteiger partial charge in [-0.25, -0.2) is 14.2 Å². The van der Waals surface area contributed by atoms with Crippen LogP contribution < -0.4 is 0 Å². The smallest absolute Gasteiger partial charge is 0.339 e. The van der Waals surface area contributed by atoms with Gasteiger partial charge in [0.25, 0.3) is 0 Å². The Kier molecular flexibility index (Phi) is 2.91. The van der Waals surface area contributed by atoms with Gasteiger partial charge in [0, 0.05) is 0 Å². The zero-order chi connectivity index (χ0) is 14.3. The molecule has 1 heterocycles. The molecule has 3 rings (SSSR count). The van der Waals surface area contributed by atoms with Crippen molar-refractivity contribution in [2.24, 2.45) is 0 Å². The Labute approximate surface area is 117 Å². The van der Waals surface area contributed by atoms with Gasteiger partial charge >= 0.3 is 5.97 Å². The lowest BCUT2D eigenvalue weighted by Gasteiger charge is -1.99. The van der Waals surface area contributed by atoms with E-state index in [1.807, 2.05) is 0 Å². The quantitative estimate of drug-likeness (QED) is 0.775. The average molecular weight is 292 g/mol. The molecule has 2 aromatic carbocycles. The first kappa shape index (κ1) is 12.6. The van der Waals surface area contributed by atoms with E-state index in [2.05, 4.69) is 4.98 Å². The number of nitrogens with zero attached hydrogens (tertiary/aromatic N) is 1. The summed E-state index contributed by atoms with van der Waals surface area (Å²) in [5.74, 6) is -1.80. The van der Waals surface area contributed by atoms with Crippen molar-refractivity contribution in [3.05, 3.63) is 52.8 Å². The molecule has 0 aliphatic heterocycles. The number of benzene rings is 2. The molecule has 1 aromatic heterocycles. The van der Waals surface area contributed by atoms with E-state index in [0.717, 1.165) is 0 Å². The Hall–Kier alpha value is -2.40. The van der Waals surface area contributed by atoms with Crippen LogP contribution in [0.25, 0.3) is 22.6 Å². The molecule has 0 amide bonds. The number of rotatable bonds is 2. The zero-order valence-electron chi connectivity index (χ0n) is 9.93. The molecule has 0 aliphatic rings. The number of carboxylic acid groups (broad SMARTS) is 1. The van der Waals surface area contributed by atoms with Crippen LogP contribution in [0.1, 0.15) is 10.4 Å². The third kappa shape index (κ3) is 1.92. The van der Waals surface area contributed by atoms with Crippen molar-refractivity contribution in [2.75, 3.05) is 0 Å². The van der Waals surface area contributed by atoms with E-state index in [9.17, 15) is 9.18 Å². The van der Waals surface area contributed by atoms with E-state index >= 15 is 0 Å². The van der Waals surface area contributed by atoms with Crippen LogP contribution in [0.15, 0.2) is 40.8 Å². The maximum Gasteiger partial charge on any atom is 0.339 e. The van der Waals surface area contributed by atoms with E-state index < -0.39 is 11.8 Å². The largest absolute Gasteiger partial charge is 0.478 e. The first-order valence-electron chi connectivity index (χ1n) is 5.65. The number of hydrogen-bond donors (Lipinski definition) is 1. The van der Waals surface area contributed by atoms with Gasteiger partial charge in [0.15, 0.2) is 11.4 Å². The molecule has 20 heavy (non-hydrogen) atoms. The van der Waals surface area contributed by atoms with E-state index in [1.165, 1.54) is 18.2 Å². The molecule has 0 fully saturated rings. The normalized spacial score (nSPS) is 10.9. The van der Waals surface area contributed by atoms with Gasteiger partial charge < -0.3 is 9.52 Å². The van der Waals surface area contributed by atoms with Crippen LogP contribution in [0.4, 0.5) is 4.39 Å². The Bertz CT molecular complexity index is 828. The Morgan fingerprint density at radius 1 is 1.25 bits per heavy atom. The number of carbonyl (C=O) groups is 1. The molecule has 0 saturated carbocycles. The van der Waals surface area contributed by atoms with Crippen molar-refractivity contribution in [2.45, 2.75) is 0 Å². The summed E-state index contributed by atoms with van der Waals surface area (Å²) in [6, 6.07) is 8.98. The number of fused-ring (bicyclic) bond motifs is 1. The van der Waals surface area contributed by atoms with E-state index in [1.54, 1.807) is 18.2 Å². The van der Waals surface area contributed by atoms with Crippen molar-refractivity contribution in [1.82, 2.24) is 4.98 Å². The van der Waals surface area contributed by atoms with Gasteiger partial charge in [-0.05, 0) is 24.3 Å². The SMILES string of the molecule is O=C(O)c1cccc2nc(-c3cccc(Cl)c3F)oc12. The maximum absolute atomic E-state index is 13.9. The van der Waals surface area contributed by atoms with Crippen molar-refractivity contribution in [1.29, 1.82) is 0 Å². The average Bonchev–Trinajstić information content (AvgIpc) is 2.84. The van der Waals surface area contributed by atoms with Gasteiger partial charge in [-0.2, -0.15) is 0 Å². The van der Waals surface area contributed by atoms with Crippen LogP contribution in [-0.4, -0.2) is 16.1 Å². The van der Waals surface area contributed by atoms with Crippen LogP contribution >= 0.6 is 11.6 Å². The van der Waals surface area contributed by atoms with E-state index in [4.69, 9.17) is 21.1 Å². The fraction of sp³-hybridized carbons (Fsp3) is 0. The minimum atomic E-state index is -1.13. The molecule has 0 atom stereocenters. The molecule has 0 radical (unpaired) electrons. The number of hydrogen-bond acceptors (Lipinski definition) is 3. The number of oxazole rings is 1. The topological polar surface area (TPSA) is 63.3 Å². The van der Waals surface area contributed by atoms with Gasteiger partial charge in [-0.15, -0.1) is 0 Å². The fourth-order valence-electron chi connectivity index (χ4n) is 1.90. The Morgan fingerprint density at radius 3 is 2.75 bits per heavy atom. The molecule has 0 bridgehead atoms. The summed E-state index contributed by atoms with van der Waals surface area (Å²) in [6.07, 6.45) is 0. The second-order valence-corrected chi connectivity index (χ2v) is 4.49. The number of para-hydroxylation sites is 1. The fourth-order valence-corrected chi connectivity index (χ4v) is 2.08. The van der Waals surface area contributed by atoms with Crippen LogP contribution in [0.3, 0.4) is 0 Å². The van der Waals surface area contributed by atoms with E-state index in [0.29, 0.717) is 5.52 Å². The van der Waals surface area contributed by atoms with Crippen LogP contribution in [0, 0.1) is 5.82 Å². The lowest BCUT2D eigenvalue weighted by molar-refractivity contribution is 0.0698. The molecule has 0 saturated heterocycles. The van der Waals surface area contributed by atoms with Crippen LogP contribution in [0.5, 0.6) is 0 Å². The van der Waals surface area contributed by atoms with Gasteiger partial charge in [-0.1, -0.05) is 23.7 Å². The monoisotopic (exact) mass is 291 g/mol. The highest BCUT2D eigenvalue weighted by Crippen LogP contribution is 2.30. The maximum atomic E-state index is 13.9. The van der Waals surface area contributed by atoms with Crippen molar-refractivity contribution >= 4 is 28.7 Å². The Balaban J connectivity index is 2.26. The minimum Gasteiger partial charge on any atom is -0.478 e. The predicted molar refractivity (Wildman–Crippen MR) is 71.4 cm³/mol. The van der Waals surface area contributed by atoms with Gasteiger partial charge in [-0.3, -0.25) is 0 Å². The highest BCUT2D eigenvalue weighted by molar-refractivity contribution is 6.31. The highest BCUT2D eigenvalue weighted by atomic mass is 35.5. The number of aromatic carboxylic acids is 1. The molecule has 0 unspecified atom stereocenters. The summed E-state index contributed by atoms with van der Waals surface area (Å²) in [5.41, 5.74) is 0.516. The third-order valence-electron chi connectivity index (χ3n) is 2.83. The molecule has 1 N–H and O–H groups in total. The lowest BCUT2D eigenvalue weighted by atomic mass is 10.2. The van der Waals surface area contributed by atoms with E-state index in [-0.39, 0.29) is 27.6 Å². The molecule has 4 nitrogen and oxygen atoms in total. The number of carboxylic acids is 1. The number of halogens is 2. The highest BCUT2D eigenvalue weighted by Gasteiger charge is 2.18. The molecule has 0 aliphatic carbocycles. The molecular formula is C14H7ClFNO3. The van der Waals surface area contributed by atoms with Gasteiger partial charge in [0.1, 0.15) is 11.1 Å². The standard InChI is InChI=1S/C14H7ClFNO3/c15-9-5-1-3-7(11(9)16)13-17-10-6-2-4-8(14(18)19)12(10)20-13/h1-6H,(H,18,19). The van der Waals surface area contributed by atoms with Gasteiger partial charge in [0.05, 0.1) is 10.6 Å². The summed E-state index contributed by atoms with van der Waals surface area (Å²) in [6.45, 7) is 0. The third-order valence-corrected chi connectivity index (χ3v) is 3.12.